The van der Waals surface area contributed by atoms with Gasteiger partial charge in [-0.25, -0.2) is 4.57 Å². The van der Waals surface area contributed by atoms with Crippen LogP contribution in [0.5, 0.6) is 0 Å². The van der Waals surface area contributed by atoms with Crippen molar-refractivity contribution in [3.63, 3.8) is 0 Å². The van der Waals surface area contributed by atoms with Crippen LogP contribution in [0, 0.1) is 0 Å². The zero-order valence-corrected chi connectivity index (χ0v) is 45.5. The third-order valence-corrected chi connectivity index (χ3v) is 13.4. The molecule has 0 bridgehead atoms. The highest BCUT2D eigenvalue weighted by molar-refractivity contribution is 7.47. The van der Waals surface area contributed by atoms with E-state index in [4.69, 9.17) is 18.5 Å². The number of esters is 2. The molecule has 0 fully saturated rings. The van der Waals surface area contributed by atoms with E-state index in [0.29, 0.717) is 17.4 Å². The average molecular weight is 967 g/mol. The standard InChI is InChI=1S/C57H108NO8P/c1-6-8-10-12-14-16-18-20-22-23-24-25-26-27-28-29-30-31-32-33-34-36-37-39-41-43-45-47-49-56(59)63-53-55(54-65-67(61,62)64-52-51-58(3,4)5)66-57(60)50-48-46-44-42-40-38-35-21-19-17-15-13-11-9-7-2/h9,11,15,17,21,35,55H,6-8,10,12-14,16,18-20,22-34,36-54H2,1-5H3/p+1/b11-9-,17-15-,35-21-. The molecule has 0 aromatic carbocycles. The molecule has 0 spiro atoms. The predicted octanol–water partition coefficient (Wildman–Crippen LogP) is 17.2. The smallest absolute Gasteiger partial charge is 0.462 e. The highest BCUT2D eigenvalue weighted by Gasteiger charge is 2.27. The highest BCUT2D eigenvalue weighted by Crippen LogP contribution is 2.43. The molecular formula is C57H109NO8P+. The van der Waals surface area contributed by atoms with Crippen molar-refractivity contribution in [3.05, 3.63) is 36.5 Å². The van der Waals surface area contributed by atoms with Crippen LogP contribution in [0.15, 0.2) is 36.5 Å². The van der Waals surface area contributed by atoms with E-state index in [1.165, 1.54) is 161 Å². The van der Waals surface area contributed by atoms with Crippen LogP contribution in [-0.4, -0.2) is 74.9 Å². The van der Waals surface area contributed by atoms with Crippen LogP contribution in [0.2, 0.25) is 0 Å². The number of phosphoric acid groups is 1. The molecule has 0 aromatic heterocycles. The molecule has 0 heterocycles. The Bertz CT molecular complexity index is 1230. The van der Waals surface area contributed by atoms with E-state index in [-0.39, 0.29) is 32.0 Å². The SMILES string of the molecule is CC/C=C\C/C=C\C/C=C\CCCCCCCC(=O)OC(COC(=O)CCCCCCCCCCCCCCCCCCCCCCCCCCCCCC)COP(=O)(O)OCC[N+](C)(C)C. The van der Waals surface area contributed by atoms with E-state index in [0.717, 1.165) is 70.6 Å². The van der Waals surface area contributed by atoms with E-state index in [9.17, 15) is 19.0 Å². The van der Waals surface area contributed by atoms with Crippen molar-refractivity contribution in [2.75, 3.05) is 47.5 Å². The average Bonchev–Trinajstić information content (AvgIpc) is 3.29. The van der Waals surface area contributed by atoms with Gasteiger partial charge in [0, 0.05) is 12.8 Å². The lowest BCUT2D eigenvalue weighted by Crippen LogP contribution is -2.37. The van der Waals surface area contributed by atoms with Crippen LogP contribution in [-0.2, 0) is 32.7 Å². The van der Waals surface area contributed by atoms with Gasteiger partial charge < -0.3 is 18.9 Å². The van der Waals surface area contributed by atoms with Crippen LogP contribution in [0.4, 0.5) is 0 Å². The molecule has 9 nitrogen and oxygen atoms in total. The number of carbonyl (C=O) groups excluding carboxylic acids is 2. The number of hydrogen-bond acceptors (Lipinski definition) is 7. The minimum absolute atomic E-state index is 0.0290. The van der Waals surface area contributed by atoms with E-state index in [1.807, 2.05) is 21.1 Å². The van der Waals surface area contributed by atoms with Crippen molar-refractivity contribution in [2.24, 2.45) is 0 Å². The second-order valence-corrected chi connectivity index (χ2v) is 21.8. The summed E-state index contributed by atoms with van der Waals surface area (Å²) in [5.74, 6) is -0.807. The maximum absolute atomic E-state index is 12.7. The molecule has 2 atom stereocenters. The molecule has 10 heteroatoms. The number of likely N-dealkylation sites (N-methyl/N-ethyl adjacent to an activating group) is 1. The van der Waals surface area contributed by atoms with Gasteiger partial charge in [-0.1, -0.05) is 243 Å². The molecular weight excluding hydrogens is 858 g/mol. The Kier molecular flexibility index (Phi) is 47.9. The molecule has 0 aromatic rings. The fourth-order valence-electron chi connectivity index (χ4n) is 8.09. The monoisotopic (exact) mass is 967 g/mol. The number of nitrogens with zero attached hydrogens (tertiary/aromatic N) is 1. The van der Waals surface area contributed by atoms with Gasteiger partial charge in [-0.05, 0) is 44.9 Å². The summed E-state index contributed by atoms with van der Waals surface area (Å²) < 4.78 is 34.5. The second-order valence-electron chi connectivity index (χ2n) is 20.3. The molecule has 2 unspecified atom stereocenters. The molecule has 0 aliphatic heterocycles. The van der Waals surface area contributed by atoms with E-state index >= 15 is 0 Å². The molecule has 0 rings (SSSR count). The van der Waals surface area contributed by atoms with Crippen molar-refractivity contribution in [2.45, 2.75) is 270 Å². The number of phosphoric ester groups is 1. The molecule has 394 valence electrons. The fraction of sp³-hybridized carbons (Fsp3) is 0.860. The number of carbonyl (C=O) groups is 2. The third-order valence-electron chi connectivity index (χ3n) is 12.4. The van der Waals surface area contributed by atoms with Crippen LogP contribution < -0.4 is 0 Å². The summed E-state index contributed by atoms with van der Waals surface area (Å²) in [7, 11) is 1.47. The Morgan fingerprint density at radius 1 is 0.478 bits per heavy atom. The normalized spacial score (nSPS) is 13.6. The molecule has 0 aliphatic carbocycles. The number of unbranched alkanes of at least 4 members (excludes halogenated alkanes) is 32. The summed E-state index contributed by atoms with van der Waals surface area (Å²) in [6.45, 7) is 4.33. The lowest BCUT2D eigenvalue weighted by Gasteiger charge is -2.24. The van der Waals surface area contributed by atoms with Crippen LogP contribution in [0.1, 0.15) is 264 Å². The minimum Gasteiger partial charge on any atom is -0.462 e. The molecule has 0 amide bonds. The lowest BCUT2D eigenvalue weighted by molar-refractivity contribution is -0.870. The zero-order chi connectivity index (χ0) is 49.2. The van der Waals surface area contributed by atoms with Gasteiger partial charge in [0.2, 0.25) is 0 Å². The van der Waals surface area contributed by atoms with Gasteiger partial charge in [0.05, 0.1) is 27.7 Å². The maximum atomic E-state index is 12.7. The molecule has 0 saturated carbocycles. The first kappa shape index (κ1) is 65.2. The Hall–Kier alpha value is -1.77. The van der Waals surface area contributed by atoms with Crippen LogP contribution in [0.25, 0.3) is 0 Å². The lowest BCUT2D eigenvalue weighted by atomic mass is 10.0. The number of ether oxygens (including phenoxy) is 2. The van der Waals surface area contributed by atoms with Crippen molar-refractivity contribution in [1.29, 1.82) is 0 Å². The zero-order valence-electron chi connectivity index (χ0n) is 44.6. The fourth-order valence-corrected chi connectivity index (χ4v) is 8.83. The first-order valence-corrected chi connectivity index (χ1v) is 29.7. The Labute approximate surface area is 414 Å². The van der Waals surface area contributed by atoms with E-state index in [1.54, 1.807) is 0 Å². The van der Waals surface area contributed by atoms with Crippen LogP contribution >= 0.6 is 7.82 Å². The Morgan fingerprint density at radius 3 is 1.27 bits per heavy atom. The second kappa shape index (κ2) is 49.2. The Morgan fingerprint density at radius 2 is 0.851 bits per heavy atom. The van der Waals surface area contributed by atoms with Gasteiger partial charge in [0.15, 0.2) is 6.10 Å². The molecule has 0 aliphatic rings. The summed E-state index contributed by atoms with van der Waals surface area (Å²) >= 11 is 0. The van der Waals surface area contributed by atoms with Crippen molar-refractivity contribution in [3.8, 4) is 0 Å². The third kappa shape index (κ3) is 53.4. The maximum Gasteiger partial charge on any atom is 0.472 e. The van der Waals surface area contributed by atoms with Gasteiger partial charge in [-0.3, -0.25) is 18.6 Å². The number of quaternary nitrogens is 1. The van der Waals surface area contributed by atoms with Crippen molar-refractivity contribution in [1.82, 2.24) is 0 Å². The topological polar surface area (TPSA) is 108 Å². The highest BCUT2D eigenvalue weighted by atomic mass is 31.2. The molecule has 67 heavy (non-hydrogen) atoms. The summed E-state index contributed by atoms with van der Waals surface area (Å²) in [4.78, 5) is 35.6. The van der Waals surface area contributed by atoms with Gasteiger partial charge in [0.25, 0.3) is 0 Å². The summed E-state index contributed by atoms with van der Waals surface area (Å²) in [6, 6.07) is 0. The number of allylic oxidation sites excluding steroid dienone is 6. The summed E-state index contributed by atoms with van der Waals surface area (Å²) in [5, 5.41) is 0. The first-order chi connectivity index (χ1) is 32.5. The van der Waals surface area contributed by atoms with Crippen LogP contribution in [0.3, 0.4) is 0 Å². The van der Waals surface area contributed by atoms with Gasteiger partial charge in [0.1, 0.15) is 19.8 Å². The van der Waals surface area contributed by atoms with Gasteiger partial charge in [-0.2, -0.15) is 0 Å². The predicted molar refractivity (Wildman–Crippen MR) is 284 cm³/mol. The Balaban J connectivity index is 4.06. The molecule has 1 N–H and O–H groups in total. The minimum atomic E-state index is -4.38. The largest absolute Gasteiger partial charge is 0.472 e. The van der Waals surface area contributed by atoms with Crippen molar-refractivity contribution >= 4 is 19.8 Å². The quantitative estimate of drug-likeness (QED) is 0.0211. The summed E-state index contributed by atoms with van der Waals surface area (Å²) in [5.41, 5.74) is 0. The van der Waals surface area contributed by atoms with Gasteiger partial charge in [-0.15, -0.1) is 0 Å². The number of rotatable bonds is 52. The van der Waals surface area contributed by atoms with E-state index < -0.39 is 26.5 Å². The number of hydrogen-bond donors (Lipinski definition) is 1. The van der Waals surface area contributed by atoms with E-state index in [2.05, 4.69) is 50.3 Å². The van der Waals surface area contributed by atoms with Gasteiger partial charge >= 0.3 is 19.8 Å². The van der Waals surface area contributed by atoms with Crippen molar-refractivity contribution < 1.29 is 42.1 Å². The molecule has 0 radical (unpaired) electrons. The summed E-state index contributed by atoms with van der Waals surface area (Å²) in [6.07, 6.45) is 59.4. The first-order valence-electron chi connectivity index (χ1n) is 28.2. The molecule has 0 saturated heterocycles.